The SMILES string of the molecule is NC1=CC=C(CC(=O)c2ccc(N)cc2)CC1. The van der Waals surface area contributed by atoms with Crippen molar-refractivity contribution in [3.63, 3.8) is 0 Å². The zero-order valence-electron chi connectivity index (χ0n) is 9.65. The second-order valence-corrected chi connectivity index (χ2v) is 4.29. The maximum atomic E-state index is 12.0. The summed E-state index contributed by atoms with van der Waals surface area (Å²) in [4.78, 5) is 12.0. The third kappa shape index (κ3) is 2.97. The van der Waals surface area contributed by atoms with Crippen molar-refractivity contribution in [2.75, 3.05) is 5.73 Å². The van der Waals surface area contributed by atoms with Crippen molar-refractivity contribution in [2.24, 2.45) is 5.73 Å². The molecule has 0 aromatic heterocycles. The molecule has 0 atom stereocenters. The highest BCUT2D eigenvalue weighted by molar-refractivity contribution is 5.97. The molecule has 0 fully saturated rings. The molecule has 0 saturated heterocycles. The summed E-state index contributed by atoms with van der Waals surface area (Å²) in [6.07, 6.45) is 6.03. The van der Waals surface area contributed by atoms with E-state index < -0.39 is 0 Å². The number of ketones is 1. The molecule has 4 N–H and O–H groups in total. The molecule has 1 aromatic carbocycles. The molecule has 0 amide bonds. The number of hydrogen-bond acceptors (Lipinski definition) is 3. The lowest BCUT2D eigenvalue weighted by Gasteiger charge is -2.11. The summed E-state index contributed by atoms with van der Waals surface area (Å²) in [7, 11) is 0. The Hall–Kier alpha value is -2.03. The van der Waals surface area contributed by atoms with E-state index in [1.54, 1.807) is 24.3 Å². The third-order valence-electron chi connectivity index (χ3n) is 2.89. The Kier molecular flexibility index (Phi) is 3.28. The number of carbonyl (C=O) groups excluding carboxylic acids is 1. The predicted octanol–water partition coefficient (Wildman–Crippen LogP) is 2.40. The van der Waals surface area contributed by atoms with Crippen molar-refractivity contribution in [1.29, 1.82) is 0 Å². The summed E-state index contributed by atoms with van der Waals surface area (Å²) in [5.74, 6) is 0.130. The van der Waals surface area contributed by atoms with Gasteiger partial charge in [-0.05, 0) is 43.2 Å². The fourth-order valence-electron chi connectivity index (χ4n) is 1.82. The average Bonchev–Trinajstić information content (AvgIpc) is 2.33. The normalized spacial score (nSPS) is 15.1. The Bertz CT molecular complexity index is 483. The number of nitrogens with two attached hydrogens (primary N) is 2. The summed E-state index contributed by atoms with van der Waals surface area (Å²) >= 11 is 0. The summed E-state index contributed by atoms with van der Waals surface area (Å²) < 4.78 is 0. The summed E-state index contributed by atoms with van der Waals surface area (Å²) in [6.45, 7) is 0. The van der Waals surface area contributed by atoms with Gasteiger partial charge >= 0.3 is 0 Å². The third-order valence-corrected chi connectivity index (χ3v) is 2.89. The minimum absolute atomic E-state index is 0.130. The minimum Gasteiger partial charge on any atom is -0.402 e. The molecular formula is C14H16N2O. The number of carbonyl (C=O) groups is 1. The lowest BCUT2D eigenvalue weighted by atomic mass is 9.96. The quantitative estimate of drug-likeness (QED) is 0.616. The van der Waals surface area contributed by atoms with Crippen LogP contribution in [0.1, 0.15) is 29.6 Å². The topological polar surface area (TPSA) is 69.1 Å². The summed E-state index contributed by atoms with van der Waals surface area (Å²) in [5, 5.41) is 0. The van der Waals surface area contributed by atoms with Crippen molar-refractivity contribution in [2.45, 2.75) is 19.3 Å². The summed E-state index contributed by atoms with van der Waals surface area (Å²) in [5.41, 5.74) is 14.7. The molecule has 0 bridgehead atoms. The molecule has 1 aromatic rings. The van der Waals surface area contributed by atoms with Crippen LogP contribution in [0.25, 0.3) is 0 Å². The number of benzene rings is 1. The maximum Gasteiger partial charge on any atom is 0.166 e. The van der Waals surface area contributed by atoms with Gasteiger partial charge in [-0.1, -0.05) is 11.6 Å². The zero-order valence-corrected chi connectivity index (χ0v) is 9.65. The maximum absolute atomic E-state index is 12.0. The van der Waals surface area contributed by atoms with E-state index in [2.05, 4.69) is 0 Å². The van der Waals surface area contributed by atoms with Gasteiger partial charge in [0, 0.05) is 23.4 Å². The van der Waals surface area contributed by atoms with E-state index in [0.717, 1.165) is 24.1 Å². The molecule has 0 spiro atoms. The number of allylic oxidation sites excluding steroid dienone is 4. The van der Waals surface area contributed by atoms with Crippen molar-refractivity contribution in [1.82, 2.24) is 0 Å². The standard InChI is InChI=1S/C14H16N2O/c15-12-5-1-10(2-6-12)9-14(17)11-3-7-13(16)8-4-11/h1,3-5,7-8H,2,6,9,15-16H2. The number of hydrogen-bond donors (Lipinski definition) is 2. The van der Waals surface area contributed by atoms with Crippen LogP contribution >= 0.6 is 0 Å². The van der Waals surface area contributed by atoms with E-state index in [9.17, 15) is 4.79 Å². The molecule has 2 rings (SSSR count). The van der Waals surface area contributed by atoms with Crippen LogP contribution in [0.4, 0.5) is 5.69 Å². The van der Waals surface area contributed by atoms with Crippen molar-refractivity contribution >= 4 is 11.5 Å². The van der Waals surface area contributed by atoms with Crippen molar-refractivity contribution in [3.8, 4) is 0 Å². The highest BCUT2D eigenvalue weighted by Gasteiger charge is 2.10. The number of Topliss-reactive ketones (excluding diaryl/α,β-unsaturated/α-hetero) is 1. The van der Waals surface area contributed by atoms with Crippen LogP contribution in [0, 0.1) is 0 Å². The Morgan fingerprint density at radius 3 is 2.35 bits per heavy atom. The molecule has 0 radical (unpaired) electrons. The molecule has 0 saturated carbocycles. The van der Waals surface area contributed by atoms with Gasteiger partial charge in [0.25, 0.3) is 0 Å². The van der Waals surface area contributed by atoms with Crippen LogP contribution in [-0.4, -0.2) is 5.78 Å². The van der Waals surface area contributed by atoms with Crippen molar-refractivity contribution in [3.05, 3.63) is 53.3 Å². The van der Waals surface area contributed by atoms with Gasteiger partial charge in [-0.3, -0.25) is 4.79 Å². The Balaban J connectivity index is 2.05. The molecule has 3 heteroatoms. The fourth-order valence-corrected chi connectivity index (χ4v) is 1.82. The molecule has 17 heavy (non-hydrogen) atoms. The average molecular weight is 228 g/mol. The van der Waals surface area contributed by atoms with Gasteiger partial charge < -0.3 is 11.5 Å². The number of nitrogen functional groups attached to an aromatic ring is 1. The van der Waals surface area contributed by atoms with Crippen LogP contribution in [0.2, 0.25) is 0 Å². The van der Waals surface area contributed by atoms with Crippen LogP contribution < -0.4 is 11.5 Å². The molecule has 1 aliphatic rings. The minimum atomic E-state index is 0.130. The highest BCUT2D eigenvalue weighted by Crippen LogP contribution is 2.20. The highest BCUT2D eigenvalue weighted by atomic mass is 16.1. The first-order chi connectivity index (χ1) is 8.15. The second-order valence-electron chi connectivity index (χ2n) is 4.29. The first kappa shape index (κ1) is 11.5. The van der Waals surface area contributed by atoms with Crippen molar-refractivity contribution < 1.29 is 4.79 Å². The van der Waals surface area contributed by atoms with E-state index in [4.69, 9.17) is 11.5 Å². The van der Waals surface area contributed by atoms with Gasteiger partial charge in [0.2, 0.25) is 0 Å². The second kappa shape index (κ2) is 4.87. The Morgan fingerprint density at radius 1 is 1.06 bits per heavy atom. The first-order valence-corrected chi connectivity index (χ1v) is 5.68. The number of rotatable bonds is 3. The predicted molar refractivity (Wildman–Crippen MR) is 69.4 cm³/mol. The van der Waals surface area contributed by atoms with Gasteiger partial charge in [-0.15, -0.1) is 0 Å². The van der Waals surface area contributed by atoms with E-state index in [0.29, 0.717) is 17.7 Å². The van der Waals surface area contributed by atoms with E-state index in [1.807, 2.05) is 12.2 Å². The van der Waals surface area contributed by atoms with E-state index in [1.165, 1.54) is 0 Å². The van der Waals surface area contributed by atoms with Crippen LogP contribution in [0.5, 0.6) is 0 Å². The van der Waals surface area contributed by atoms with Gasteiger partial charge in [-0.25, -0.2) is 0 Å². The molecule has 88 valence electrons. The van der Waals surface area contributed by atoms with E-state index in [-0.39, 0.29) is 5.78 Å². The van der Waals surface area contributed by atoms with Gasteiger partial charge in [0.05, 0.1) is 0 Å². The lowest BCUT2D eigenvalue weighted by molar-refractivity contribution is 0.0992. The monoisotopic (exact) mass is 228 g/mol. The van der Waals surface area contributed by atoms with E-state index >= 15 is 0 Å². The summed E-state index contributed by atoms with van der Waals surface area (Å²) in [6, 6.07) is 7.04. The molecule has 0 unspecified atom stereocenters. The molecule has 1 aliphatic carbocycles. The van der Waals surface area contributed by atoms with Gasteiger partial charge in [0.1, 0.15) is 0 Å². The lowest BCUT2D eigenvalue weighted by Crippen LogP contribution is -2.06. The number of anilines is 1. The smallest absolute Gasteiger partial charge is 0.166 e. The van der Waals surface area contributed by atoms with Gasteiger partial charge in [0.15, 0.2) is 5.78 Å². The molecular weight excluding hydrogens is 212 g/mol. The van der Waals surface area contributed by atoms with Crippen LogP contribution in [-0.2, 0) is 0 Å². The largest absolute Gasteiger partial charge is 0.402 e. The molecule has 0 heterocycles. The molecule has 3 nitrogen and oxygen atoms in total. The van der Waals surface area contributed by atoms with Crippen LogP contribution in [0.3, 0.4) is 0 Å². The fraction of sp³-hybridized carbons (Fsp3) is 0.214. The Labute approximate surface area is 101 Å². The molecule has 0 aliphatic heterocycles. The first-order valence-electron chi connectivity index (χ1n) is 5.68. The van der Waals surface area contributed by atoms with Crippen LogP contribution in [0.15, 0.2) is 47.7 Å². The zero-order chi connectivity index (χ0) is 12.3. The van der Waals surface area contributed by atoms with Gasteiger partial charge in [-0.2, -0.15) is 0 Å². The Morgan fingerprint density at radius 2 is 1.76 bits per heavy atom.